The van der Waals surface area contributed by atoms with E-state index < -0.39 is 6.43 Å². The van der Waals surface area contributed by atoms with Gasteiger partial charge in [-0.3, -0.25) is 4.90 Å². The third-order valence-corrected chi connectivity index (χ3v) is 2.72. The Labute approximate surface area is 82.1 Å². The van der Waals surface area contributed by atoms with E-state index in [0.29, 0.717) is 18.1 Å². The van der Waals surface area contributed by atoms with Gasteiger partial charge in [-0.25, -0.2) is 8.78 Å². The molecule has 0 unspecified atom stereocenters. The summed E-state index contributed by atoms with van der Waals surface area (Å²) in [5.74, 6) is 0.254. The number of rotatable bonds is 3. The van der Waals surface area contributed by atoms with Gasteiger partial charge in [-0.05, 0) is 25.9 Å². The van der Waals surface area contributed by atoms with Gasteiger partial charge in [-0.15, -0.1) is 0 Å². The summed E-state index contributed by atoms with van der Waals surface area (Å²) in [6, 6.07) is 0. The van der Waals surface area contributed by atoms with Crippen LogP contribution in [0.15, 0.2) is 0 Å². The average Bonchev–Trinajstić information content (AvgIpc) is 2.04. The van der Waals surface area contributed by atoms with Crippen molar-refractivity contribution in [2.75, 3.05) is 19.6 Å². The van der Waals surface area contributed by atoms with Crippen LogP contribution in [0.4, 0.5) is 8.78 Å². The van der Waals surface area contributed by atoms with Crippen LogP contribution in [-0.2, 0) is 0 Å². The van der Waals surface area contributed by atoms with Gasteiger partial charge in [0.2, 0.25) is 0 Å². The van der Waals surface area contributed by atoms with Crippen LogP contribution in [0.3, 0.4) is 0 Å². The molecule has 5 heteroatoms. The van der Waals surface area contributed by atoms with Crippen LogP contribution < -0.4 is 5.73 Å². The second kappa shape index (κ2) is 4.81. The Bertz CT molecular complexity index is 179. The molecule has 0 aromatic carbocycles. The Morgan fingerprint density at radius 1 is 1.46 bits per heavy atom. The van der Waals surface area contributed by atoms with Gasteiger partial charge in [-0.2, -0.15) is 0 Å². The van der Waals surface area contributed by atoms with E-state index in [1.165, 1.54) is 0 Å². The molecule has 76 valence electrons. The lowest BCUT2D eigenvalue weighted by molar-refractivity contribution is 0.0747. The van der Waals surface area contributed by atoms with Crippen LogP contribution in [0.5, 0.6) is 0 Å². The van der Waals surface area contributed by atoms with Gasteiger partial charge in [0, 0.05) is 5.92 Å². The van der Waals surface area contributed by atoms with Crippen molar-refractivity contribution >= 4 is 17.2 Å². The minimum Gasteiger partial charge on any atom is -0.393 e. The molecule has 1 saturated heterocycles. The number of likely N-dealkylation sites (tertiary alicyclic amines) is 1. The highest BCUT2D eigenvalue weighted by Gasteiger charge is 2.22. The molecule has 0 saturated carbocycles. The van der Waals surface area contributed by atoms with Crippen LogP contribution in [0.1, 0.15) is 12.8 Å². The van der Waals surface area contributed by atoms with Gasteiger partial charge in [0.15, 0.2) is 0 Å². The Morgan fingerprint density at radius 3 is 2.38 bits per heavy atom. The Hall–Kier alpha value is -0.290. The summed E-state index contributed by atoms with van der Waals surface area (Å²) in [6.07, 6.45) is -0.592. The molecule has 0 aliphatic carbocycles. The third kappa shape index (κ3) is 3.52. The van der Waals surface area contributed by atoms with Gasteiger partial charge in [-0.1, -0.05) is 12.2 Å². The number of nitrogens with two attached hydrogens (primary N) is 1. The van der Waals surface area contributed by atoms with Crippen molar-refractivity contribution in [1.29, 1.82) is 0 Å². The zero-order valence-electron chi connectivity index (χ0n) is 7.38. The van der Waals surface area contributed by atoms with Crippen molar-refractivity contribution < 1.29 is 8.78 Å². The highest BCUT2D eigenvalue weighted by molar-refractivity contribution is 7.80. The fourth-order valence-electron chi connectivity index (χ4n) is 1.60. The number of hydrogen-bond donors (Lipinski definition) is 1. The summed E-state index contributed by atoms with van der Waals surface area (Å²) >= 11 is 4.85. The summed E-state index contributed by atoms with van der Waals surface area (Å²) in [4.78, 5) is 2.29. The molecule has 0 aromatic rings. The van der Waals surface area contributed by atoms with Crippen LogP contribution in [0.25, 0.3) is 0 Å². The van der Waals surface area contributed by atoms with E-state index in [1.807, 2.05) is 0 Å². The van der Waals surface area contributed by atoms with Gasteiger partial charge < -0.3 is 5.73 Å². The normalized spacial score (nSPS) is 20.8. The molecule has 0 radical (unpaired) electrons. The Balaban J connectivity index is 2.26. The maximum atomic E-state index is 12.0. The SMILES string of the molecule is NC(=S)C1CCN(CC(F)F)CC1. The summed E-state index contributed by atoms with van der Waals surface area (Å²) in [7, 11) is 0. The van der Waals surface area contributed by atoms with E-state index in [4.69, 9.17) is 18.0 Å². The van der Waals surface area contributed by atoms with Gasteiger partial charge >= 0.3 is 0 Å². The van der Waals surface area contributed by atoms with E-state index in [2.05, 4.69) is 0 Å². The van der Waals surface area contributed by atoms with Crippen LogP contribution in [-0.4, -0.2) is 35.9 Å². The van der Waals surface area contributed by atoms with E-state index in [-0.39, 0.29) is 12.5 Å². The molecule has 13 heavy (non-hydrogen) atoms. The van der Waals surface area contributed by atoms with Crippen molar-refractivity contribution in [2.45, 2.75) is 19.3 Å². The molecule has 0 aromatic heterocycles. The lowest BCUT2D eigenvalue weighted by atomic mass is 9.97. The molecule has 0 spiro atoms. The Morgan fingerprint density at radius 2 is 2.00 bits per heavy atom. The lowest BCUT2D eigenvalue weighted by Gasteiger charge is -2.30. The predicted molar refractivity (Wildman–Crippen MR) is 52.0 cm³/mol. The highest BCUT2D eigenvalue weighted by Crippen LogP contribution is 2.17. The molecule has 1 aliphatic heterocycles. The molecule has 0 amide bonds. The minimum atomic E-state index is -2.23. The fourth-order valence-corrected chi connectivity index (χ4v) is 1.83. The first-order valence-electron chi connectivity index (χ1n) is 4.39. The van der Waals surface area contributed by atoms with Crippen molar-refractivity contribution in [1.82, 2.24) is 4.90 Å². The van der Waals surface area contributed by atoms with Crippen LogP contribution in [0, 0.1) is 5.92 Å². The smallest absolute Gasteiger partial charge is 0.251 e. The number of hydrogen-bond acceptors (Lipinski definition) is 2. The molecule has 1 rings (SSSR count). The summed E-state index contributed by atoms with van der Waals surface area (Å²) in [5.41, 5.74) is 5.48. The van der Waals surface area contributed by atoms with E-state index in [9.17, 15) is 8.78 Å². The largest absolute Gasteiger partial charge is 0.393 e. The molecule has 0 bridgehead atoms. The molecular formula is C8H14F2N2S. The second-order valence-corrected chi connectivity index (χ2v) is 3.84. The number of thiocarbonyl (C=S) groups is 1. The van der Waals surface area contributed by atoms with Crippen molar-refractivity contribution in [3.8, 4) is 0 Å². The average molecular weight is 208 g/mol. The zero-order valence-corrected chi connectivity index (χ0v) is 8.20. The molecule has 1 heterocycles. The van der Waals surface area contributed by atoms with Crippen molar-refractivity contribution in [2.24, 2.45) is 11.7 Å². The monoisotopic (exact) mass is 208 g/mol. The van der Waals surface area contributed by atoms with Crippen LogP contribution >= 0.6 is 12.2 Å². The third-order valence-electron chi connectivity index (χ3n) is 2.39. The first-order valence-corrected chi connectivity index (χ1v) is 4.80. The van der Waals surface area contributed by atoms with E-state index in [1.54, 1.807) is 4.90 Å². The predicted octanol–water partition coefficient (Wildman–Crippen LogP) is 1.25. The van der Waals surface area contributed by atoms with Gasteiger partial charge in [0.05, 0.1) is 11.5 Å². The van der Waals surface area contributed by atoms with Gasteiger partial charge in [0.1, 0.15) is 0 Å². The zero-order chi connectivity index (χ0) is 9.84. The van der Waals surface area contributed by atoms with E-state index in [0.717, 1.165) is 12.8 Å². The van der Waals surface area contributed by atoms with Crippen LogP contribution in [0.2, 0.25) is 0 Å². The quantitative estimate of drug-likeness (QED) is 0.708. The molecule has 2 N–H and O–H groups in total. The fraction of sp³-hybridized carbons (Fsp3) is 0.875. The Kier molecular flexibility index (Phi) is 3.99. The highest BCUT2D eigenvalue weighted by atomic mass is 32.1. The maximum absolute atomic E-state index is 12.0. The van der Waals surface area contributed by atoms with E-state index >= 15 is 0 Å². The lowest BCUT2D eigenvalue weighted by Crippen LogP contribution is -2.40. The summed E-state index contributed by atoms with van der Waals surface area (Å²) in [5, 5.41) is 0. The molecule has 1 aliphatic rings. The number of alkyl halides is 2. The first-order chi connectivity index (χ1) is 6.09. The number of halogens is 2. The topological polar surface area (TPSA) is 29.3 Å². The van der Waals surface area contributed by atoms with Gasteiger partial charge in [0.25, 0.3) is 6.43 Å². The standard InChI is InChI=1S/C8H14F2N2S/c9-7(10)5-12-3-1-6(2-4-12)8(11)13/h6-7H,1-5H2,(H2,11,13). The molecule has 2 nitrogen and oxygen atoms in total. The molecule has 0 atom stereocenters. The number of nitrogens with zero attached hydrogens (tertiary/aromatic N) is 1. The first kappa shape index (κ1) is 10.8. The van der Waals surface area contributed by atoms with Crippen molar-refractivity contribution in [3.05, 3.63) is 0 Å². The summed E-state index contributed by atoms with van der Waals surface area (Å²) < 4.78 is 24.0. The van der Waals surface area contributed by atoms with Crippen molar-refractivity contribution in [3.63, 3.8) is 0 Å². The minimum absolute atomic E-state index is 0.121. The summed E-state index contributed by atoms with van der Waals surface area (Å²) in [6.45, 7) is 1.25. The molecule has 1 fully saturated rings. The second-order valence-electron chi connectivity index (χ2n) is 3.37. The maximum Gasteiger partial charge on any atom is 0.251 e. The number of piperidine rings is 1. The molecular weight excluding hydrogens is 194 g/mol.